The number of thiazole rings is 1. The van der Waals surface area contributed by atoms with Gasteiger partial charge in [-0.15, -0.1) is 16.4 Å². The Morgan fingerprint density at radius 2 is 2.22 bits per heavy atom. The lowest BCUT2D eigenvalue weighted by molar-refractivity contribution is 0.0949. The summed E-state index contributed by atoms with van der Waals surface area (Å²) in [5, 5.41) is 17.1. The van der Waals surface area contributed by atoms with Gasteiger partial charge in [0.05, 0.1) is 17.7 Å². The van der Waals surface area contributed by atoms with Crippen molar-refractivity contribution in [2.24, 2.45) is 0 Å². The van der Waals surface area contributed by atoms with Crippen LogP contribution < -0.4 is 10.6 Å². The molecule has 0 aromatic carbocycles. The van der Waals surface area contributed by atoms with E-state index in [1.807, 2.05) is 5.38 Å². The molecule has 0 radical (unpaired) electrons. The molecule has 1 aliphatic rings. The lowest BCUT2D eigenvalue weighted by Crippen LogP contribution is -2.44. The van der Waals surface area contributed by atoms with Gasteiger partial charge in [0, 0.05) is 57.3 Å². The highest BCUT2D eigenvalue weighted by molar-refractivity contribution is 7.09. The summed E-state index contributed by atoms with van der Waals surface area (Å²) in [4.78, 5) is 18.6. The number of nitrogens with one attached hydrogen (secondary N) is 2. The van der Waals surface area contributed by atoms with Crippen LogP contribution in [0, 0.1) is 0 Å². The van der Waals surface area contributed by atoms with Crippen molar-refractivity contribution in [1.82, 2.24) is 35.5 Å². The van der Waals surface area contributed by atoms with Gasteiger partial charge in [-0.1, -0.05) is 5.21 Å². The van der Waals surface area contributed by atoms with Gasteiger partial charge in [-0.05, 0) is 0 Å². The van der Waals surface area contributed by atoms with Gasteiger partial charge in [-0.25, -0.2) is 4.98 Å². The fourth-order valence-corrected chi connectivity index (χ4v) is 3.06. The number of carbonyl (C=O) groups is 1. The van der Waals surface area contributed by atoms with Crippen LogP contribution in [0.15, 0.2) is 17.8 Å². The summed E-state index contributed by atoms with van der Waals surface area (Å²) in [7, 11) is 0. The topological polar surface area (TPSA) is 88.0 Å². The van der Waals surface area contributed by atoms with Crippen molar-refractivity contribution in [2.45, 2.75) is 13.0 Å². The molecule has 124 valence electrons. The van der Waals surface area contributed by atoms with Crippen molar-refractivity contribution in [3.05, 3.63) is 28.5 Å². The average molecular weight is 335 g/mol. The highest BCUT2D eigenvalue weighted by Crippen LogP contribution is 2.03. The number of nitrogens with zero attached hydrogens (tertiary/aromatic N) is 5. The van der Waals surface area contributed by atoms with Crippen LogP contribution in [-0.4, -0.2) is 70.1 Å². The van der Waals surface area contributed by atoms with Gasteiger partial charge < -0.3 is 10.6 Å². The quantitative estimate of drug-likeness (QED) is 0.717. The van der Waals surface area contributed by atoms with Gasteiger partial charge in [0.2, 0.25) is 0 Å². The summed E-state index contributed by atoms with van der Waals surface area (Å²) in [6.07, 6.45) is 4.22. The molecule has 2 aromatic rings. The largest absolute Gasteiger partial charge is 0.350 e. The monoisotopic (exact) mass is 335 g/mol. The van der Waals surface area contributed by atoms with Crippen LogP contribution in [0.3, 0.4) is 0 Å². The molecular formula is C14H21N7OS. The number of piperazine rings is 1. The van der Waals surface area contributed by atoms with Crippen LogP contribution in [0.4, 0.5) is 0 Å². The molecule has 8 nitrogen and oxygen atoms in total. The van der Waals surface area contributed by atoms with Crippen molar-refractivity contribution in [3.8, 4) is 0 Å². The van der Waals surface area contributed by atoms with E-state index in [4.69, 9.17) is 0 Å². The number of amides is 1. The molecule has 3 heterocycles. The molecule has 2 aromatic heterocycles. The van der Waals surface area contributed by atoms with Crippen molar-refractivity contribution < 1.29 is 4.79 Å². The van der Waals surface area contributed by atoms with E-state index < -0.39 is 0 Å². The minimum Gasteiger partial charge on any atom is -0.350 e. The van der Waals surface area contributed by atoms with Crippen LogP contribution in [0.2, 0.25) is 0 Å². The summed E-state index contributed by atoms with van der Waals surface area (Å²) in [6, 6.07) is 0. The molecule has 0 unspecified atom stereocenters. The Kier molecular flexibility index (Phi) is 5.67. The second-order valence-corrected chi connectivity index (χ2v) is 6.37. The SMILES string of the molecule is O=C(NCCc1nccs1)c1cn(CCN2CCNCC2)nn1. The summed E-state index contributed by atoms with van der Waals surface area (Å²) in [5.74, 6) is -0.185. The molecule has 0 spiro atoms. The number of hydrogen-bond acceptors (Lipinski definition) is 7. The number of carbonyl (C=O) groups excluding carboxylic acids is 1. The maximum Gasteiger partial charge on any atom is 0.273 e. The Morgan fingerprint density at radius 1 is 1.35 bits per heavy atom. The van der Waals surface area contributed by atoms with Crippen LogP contribution in [0.5, 0.6) is 0 Å². The van der Waals surface area contributed by atoms with Gasteiger partial charge in [0.1, 0.15) is 0 Å². The van der Waals surface area contributed by atoms with Crippen molar-refractivity contribution >= 4 is 17.2 Å². The summed E-state index contributed by atoms with van der Waals surface area (Å²) in [5.41, 5.74) is 0.365. The first-order valence-electron chi connectivity index (χ1n) is 7.81. The molecule has 0 bridgehead atoms. The number of aromatic nitrogens is 4. The zero-order chi connectivity index (χ0) is 15.9. The normalized spacial score (nSPS) is 15.7. The molecule has 9 heteroatoms. The Hall–Kier alpha value is -1.84. The second-order valence-electron chi connectivity index (χ2n) is 5.39. The molecule has 0 atom stereocenters. The third kappa shape index (κ3) is 4.81. The summed E-state index contributed by atoms with van der Waals surface area (Å²) < 4.78 is 1.73. The fraction of sp³-hybridized carbons (Fsp3) is 0.571. The van der Waals surface area contributed by atoms with E-state index in [1.165, 1.54) is 0 Å². The standard InChI is InChI=1S/C14H21N7OS/c22-14(17-2-1-13-16-5-10-23-13)12-11-21(19-18-12)9-8-20-6-3-15-4-7-20/h5,10-11,15H,1-4,6-9H2,(H,17,22). The molecular weight excluding hydrogens is 314 g/mol. The third-order valence-corrected chi connectivity index (χ3v) is 4.57. The van der Waals surface area contributed by atoms with E-state index in [1.54, 1.807) is 28.4 Å². The van der Waals surface area contributed by atoms with Crippen molar-refractivity contribution in [1.29, 1.82) is 0 Å². The van der Waals surface area contributed by atoms with Gasteiger partial charge >= 0.3 is 0 Å². The fourth-order valence-electron chi connectivity index (χ4n) is 2.44. The van der Waals surface area contributed by atoms with E-state index in [0.717, 1.165) is 50.7 Å². The number of hydrogen-bond donors (Lipinski definition) is 2. The Labute approximate surface area is 138 Å². The molecule has 1 amide bonds. The van der Waals surface area contributed by atoms with Crippen LogP contribution >= 0.6 is 11.3 Å². The Bertz CT molecular complexity index is 606. The van der Waals surface area contributed by atoms with Crippen molar-refractivity contribution in [2.75, 3.05) is 39.3 Å². The summed E-state index contributed by atoms with van der Waals surface area (Å²) >= 11 is 1.59. The predicted octanol–water partition coefficient (Wildman–Crippen LogP) is -0.388. The maximum atomic E-state index is 12.0. The van der Waals surface area contributed by atoms with Gasteiger partial charge in [-0.2, -0.15) is 0 Å². The minimum absolute atomic E-state index is 0.185. The van der Waals surface area contributed by atoms with E-state index in [-0.39, 0.29) is 5.91 Å². The first kappa shape index (κ1) is 16.0. The highest BCUT2D eigenvalue weighted by atomic mass is 32.1. The van der Waals surface area contributed by atoms with E-state index >= 15 is 0 Å². The van der Waals surface area contributed by atoms with Crippen molar-refractivity contribution in [3.63, 3.8) is 0 Å². The molecule has 23 heavy (non-hydrogen) atoms. The van der Waals surface area contributed by atoms with Gasteiger partial charge in [0.25, 0.3) is 5.91 Å². The molecule has 1 aliphatic heterocycles. The molecule has 2 N–H and O–H groups in total. The van der Waals surface area contributed by atoms with Crippen LogP contribution in [-0.2, 0) is 13.0 Å². The predicted molar refractivity (Wildman–Crippen MR) is 87.5 cm³/mol. The Balaban J connectivity index is 1.41. The lowest BCUT2D eigenvalue weighted by atomic mass is 10.3. The van der Waals surface area contributed by atoms with Gasteiger partial charge in [-0.3, -0.25) is 14.4 Å². The smallest absolute Gasteiger partial charge is 0.273 e. The average Bonchev–Trinajstić information content (AvgIpc) is 3.25. The third-order valence-electron chi connectivity index (χ3n) is 3.73. The maximum absolute atomic E-state index is 12.0. The van der Waals surface area contributed by atoms with Gasteiger partial charge in [0.15, 0.2) is 5.69 Å². The zero-order valence-electron chi connectivity index (χ0n) is 12.9. The zero-order valence-corrected chi connectivity index (χ0v) is 13.8. The highest BCUT2D eigenvalue weighted by Gasteiger charge is 2.12. The molecule has 0 saturated carbocycles. The van der Waals surface area contributed by atoms with E-state index in [2.05, 4.69) is 30.8 Å². The second kappa shape index (κ2) is 8.14. The molecule has 1 fully saturated rings. The molecule has 3 rings (SSSR count). The van der Waals surface area contributed by atoms with Crippen LogP contribution in [0.1, 0.15) is 15.5 Å². The first-order valence-corrected chi connectivity index (χ1v) is 8.69. The summed E-state index contributed by atoms with van der Waals surface area (Å²) in [6.45, 7) is 6.40. The minimum atomic E-state index is -0.185. The van der Waals surface area contributed by atoms with E-state index in [9.17, 15) is 4.79 Å². The van der Waals surface area contributed by atoms with E-state index in [0.29, 0.717) is 12.2 Å². The lowest BCUT2D eigenvalue weighted by Gasteiger charge is -2.26. The first-order chi connectivity index (χ1) is 11.3. The number of rotatable bonds is 7. The molecule has 1 saturated heterocycles. The molecule has 0 aliphatic carbocycles. The van der Waals surface area contributed by atoms with Crippen LogP contribution in [0.25, 0.3) is 0 Å². The Morgan fingerprint density at radius 3 is 3.00 bits per heavy atom.